The Balaban J connectivity index is 2.15. The lowest BCUT2D eigenvalue weighted by molar-refractivity contribution is -0.115. The van der Waals surface area contributed by atoms with E-state index in [9.17, 15) is 14.4 Å². The summed E-state index contributed by atoms with van der Waals surface area (Å²) < 4.78 is 5.10. The predicted octanol–water partition coefficient (Wildman–Crippen LogP) is 3.03. The smallest absolute Gasteiger partial charge is 0.407 e. The minimum Gasteiger partial charge on any atom is -0.477 e. The zero-order valence-electron chi connectivity index (χ0n) is 13.9. The number of carboxylic acids is 1. The number of nitrogens with one attached hydrogen (secondary N) is 2. The molecule has 3 N–H and O–H groups in total. The fourth-order valence-corrected chi connectivity index (χ4v) is 3.06. The second kappa shape index (κ2) is 9.53. The van der Waals surface area contributed by atoms with Gasteiger partial charge in [0.15, 0.2) is 0 Å². The first kappa shape index (κ1) is 20.3. The lowest BCUT2D eigenvalue weighted by atomic mass is 10.2. The van der Waals surface area contributed by atoms with Crippen LogP contribution in [-0.2, 0) is 9.53 Å². The van der Waals surface area contributed by atoms with E-state index in [4.69, 9.17) is 9.84 Å². The minimum atomic E-state index is -1.05. The molecule has 24 heavy (non-hydrogen) atoms. The summed E-state index contributed by atoms with van der Waals surface area (Å²) in [5.41, 5.74) is -0.194. The van der Waals surface area contributed by atoms with E-state index in [2.05, 4.69) is 10.6 Å². The summed E-state index contributed by atoms with van der Waals surface area (Å²) in [5, 5.41) is 15.8. The average Bonchev–Trinajstić information content (AvgIpc) is 2.88. The van der Waals surface area contributed by atoms with Crippen LogP contribution in [-0.4, -0.2) is 46.7 Å². The molecule has 0 aromatic carbocycles. The van der Waals surface area contributed by atoms with Gasteiger partial charge in [0.2, 0.25) is 5.91 Å². The molecule has 0 fully saturated rings. The molecule has 0 bridgehead atoms. The zero-order chi connectivity index (χ0) is 18.2. The third-order valence-corrected chi connectivity index (χ3v) is 4.41. The standard InChI is InChI=1S/C15H22N2O5S2/c1-15(2,3)22-14(21)16-6-9-23-7-5-11(18)17-10-4-8-24-12(10)13(19)20/h4,8H,5-7,9H2,1-3H3,(H,16,21)(H,17,18)(H,19,20). The second-order valence-electron chi connectivity index (χ2n) is 5.81. The highest BCUT2D eigenvalue weighted by molar-refractivity contribution is 7.99. The molecule has 7 nitrogen and oxygen atoms in total. The molecule has 0 aliphatic heterocycles. The van der Waals surface area contributed by atoms with E-state index in [1.807, 2.05) is 0 Å². The van der Waals surface area contributed by atoms with E-state index in [1.54, 1.807) is 32.2 Å². The van der Waals surface area contributed by atoms with Crippen LogP contribution < -0.4 is 10.6 Å². The van der Waals surface area contributed by atoms with Gasteiger partial charge in [-0.25, -0.2) is 9.59 Å². The molecule has 9 heteroatoms. The van der Waals surface area contributed by atoms with Crippen molar-refractivity contribution in [2.24, 2.45) is 0 Å². The number of alkyl carbamates (subject to hydrolysis) is 1. The molecule has 1 aromatic rings. The van der Waals surface area contributed by atoms with Gasteiger partial charge in [0.1, 0.15) is 10.5 Å². The number of thioether (sulfide) groups is 1. The Labute approximate surface area is 149 Å². The van der Waals surface area contributed by atoms with E-state index in [1.165, 1.54) is 11.8 Å². The van der Waals surface area contributed by atoms with Crippen molar-refractivity contribution in [2.75, 3.05) is 23.4 Å². The Bertz CT molecular complexity index is 581. The van der Waals surface area contributed by atoms with Gasteiger partial charge in [0.05, 0.1) is 5.69 Å². The van der Waals surface area contributed by atoms with Crippen molar-refractivity contribution in [3.8, 4) is 0 Å². The number of aromatic carboxylic acids is 1. The molecule has 0 spiro atoms. The molecule has 1 rings (SSSR count). The van der Waals surface area contributed by atoms with Crippen LogP contribution in [0.25, 0.3) is 0 Å². The number of thiophene rings is 1. The highest BCUT2D eigenvalue weighted by atomic mass is 32.2. The van der Waals surface area contributed by atoms with E-state index in [-0.39, 0.29) is 17.2 Å². The molecule has 1 heterocycles. The highest BCUT2D eigenvalue weighted by Gasteiger charge is 2.15. The maximum atomic E-state index is 11.8. The Morgan fingerprint density at radius 3 is 2.62 bits per heavy atom. The second-order valence-corrected chi connectivity index (χ2v) is 7.95. The van der Waals surface area contributed by atoms with Gasteiger partial charge in [-0.15, -0.1) is 11.3 Å². The molecule has 0 saturated heterocycles. The molecule has 0 saturated carbocycles. The fourth-order valence-electron chi connectivity index (χ4n) is 1.59. The first-order valence-corrected chi connectivity index (χ1v) is 9.37. The Hall–Kier alpha value is -1.74. The number of carboxylic acid groups (broad SMARTS) is 1. The van der Waals surface area contributed by atoms with Crippen LogP contribution in [0.15, 0.2) is 11.4 Å². The molecule has 0 aliphatic carbocycles. The molecule has 0 radical (unpaired) electrons. The Kier molecular flexibility index (Phi) is 8.06. The largest absolute Gasteiger partial charge is 0.477 e. The number of ether oxygens (including phenoxy) is 1. The normalized spacial score (nSPS) is 11.0. The number of amides is 2. The number of carbonyl (C=O) groups excluding carboxylic acids is 2. The molecule has 134 valence electrons. The number of rotatable bonds is 8. The number of carbonyl (C=O) groups is 3. The number of hydrogen-bond acceptors (Lipinski definition) is 6. The first-order chi connectivity index (χ1) is 11.2. The third kappa shape index (κ3) is 8.21. The topological polar surface area (TPSA) is 105 Å². The Morgan fingerprint density at radius 1 is 1.29 bits per heavy atom. The van der Waals surface area contributed by atoms with Crippen molar-refractivity contribution in [1.82, 2.24) is 5.32 Å². The quantitative estimate of drug-likeness (QED) is 0.604. The lowest BCUT2D eigenvalue weighted by Crippen LogP contribution is -2.33. The third-order valence-electron chi connectivity index (χ3n) is 2.52. The van der Waals surface area contributed by atoms with Crippen LogP contribution in [0.1, 0.15) is 36.9 Å². The van der Waals surface area contributed by atoms with Crippen LogP contribution in [0, 0.1) is 0 Å². The molecule has 0 aliphatic rings. The molecule has 2 amide bonds. The maximum Gasteiger partial charge on any atom is 0.407 e. The van der Waals surface area contributed by atoms with Gasteiger partial charge in [-0.05, 0) is 32.2 Å². The van der Waals surface area contributed by atoms with Gasteiger partial charge in [-0.3, -0.25) is 4.79 Å². The molecular formula is C15H22N2O5S2. The van der Waals surface area contributed by atoms with Gasteiger partial charge < -0.3 is 20.5 Å². The number of anilines is 1. The first-order valence-electron chi connectivity index (χ1n) is 7.34. The van der Waals surface area contributed by atoms with Crippen molar-refractivity contribution in [2.45, 2.75) is 32.8 Å². The fraction of sp³-hybridized carbons (Fsp3) is 0.533. The van der Waals surface area contributed by atoms with Gasteiger partial charge in [0, 0.05) is 24.5 Å². The minimum absolute atomic E-state index is 0.123. The highest BCUT2D eigenvalue weighted by Crippen LogP contribution is 2.22. The zero-order valence-corrected chi connectivity index (χ0v) is 15.5. The van der Waals surface area contributed by atoms with Gasteiger partial charge in [-0.1, -0.05) is 0 Å². The van der Waals surface area contributed by atoms with Crippen molar-refractivity contribution in [1.29, 1.82) is 0 Å². The summed E-state index contributed by atoms with van der Waals surface area (Å²) in [6.07, 6.45) is -0.189. The van der Waals surface area contributed by atoms with Gasteiger partial charge >= 0.3 is 12.1 Å². The predicted molar refractivity (Wildman–Crippen MR) is 96.1 cm³/mol. The summed E-state index contributed by atoms with van der Waals surface area (Å²) in [6.45, 7) is 5.84. The van der Waals surface area contributed by atoms with Gasteiger partial charge in [-0.2, -0.15) is 11.8 Å². The Morgan fingerprint density at radius 2 is 2.00 bits per heavy atom. The van der Waals surface area contributed by atoms with E-state index in [0.29, 0.717) is 23.7 Å². The van der Waals surface area contributed by atoms with Crippen LogP contribution in [0.4, 0.5) is 10.5 Å². The van der Waals surface area contributed by atoms with Crippen molar-refractivity contribution in [3.05, 3.63) is 16.3 Å². The van der Waals surface area contributed by atoms with Crippen LogP contribution in [0.3, 0.4) is 0 Å². The molecule has 0 atom stereocenters. The summed E-state index contributed by atoms with van der Waals surface area (Å²) in [4.78, 5) is 34.3. The summed E-state index contributed by atoms with van der Waals surface area (Å²) in [6, 6.07) is 1.57. The lowest BCUT2D eigenvalue weighted by Gasteiger charge is -2.19. The van der Waals surface area contributed by atoms with E-state index in [0.717, 1.165) is 11.3 Å². The van der Waals surface area contributed by atoms with Crippen LogP contribution >= 0.6 is 23.1 Å². The monoisotopic (exact) mass is 374 g/mol. The molecule has 0 unspecified atom stereocenters. The molecular weight excluding hydrogens is 352 g/mol. The van der Waals surface area contributed by atoms with Crippen LogP contribution in [0.5, 0.6) is 0 Å². The average molecular weight is 374 g/mol. The molecule has 1 aromatic heterocycles. The van der Waals surface area contributed by atoms with Crippen LogP contribution in [0.2, 0.25) is 0 Å². The SMILES string of the molecule is CC(C)(C)OC(=O)NCCSCCC(=O)Nc1ccsc1C(=O)O. The van der Waals surface area contributed by atoms with Gasteiger partial charge in [0.25, 0.3) is 0 Å². The van der Waals surface area contributed by atoms with E-state index >= 15 is 0 Å². The van der Waals surface area contributed by atoms with Crippen molar-refractivity contribution >= 4 is 46.8 Å². The van der Waals surface area contributed by atoms with E-state index < -0.39 is 17.7 Å². The van der Waals surface area contributed by atoms with Crippen molar-refractivity contribution in [3.63, 3.8) is 0 Å². The van der Waals surface area contributed by atoms with Crippen molar-refractivity contribution < 1.29 is 24.2 Å². The maximum absolute atomic E-state index is 11.8. The summed E-state index contributed by atoms with van der Waals surface area (Å²) in [5.74, 6) is -0.0499. The summed E-state index contributed by atoms with van der Waals surface area (Å²) >= 11 is 2.59. The number of hydrogen-bond donors (Lipinski definition) is 3. The summed E-state index contributed by atoms with van der Waals surface area (Å²) in [7, 11) is 0.